The zero-order valence-electron chi connectivity index (χ0n) is 8.03. The van der Waals surface area contributed by atoms with Crippen molar-refractivity contribution < 1.29 is 9.90 Å². The van der Waals surface area contributed by atoms with Gasteiger partial charge in [-0.15, -0.1) is 12.4 Å². The highest BCUT2D eigenvalue weighted by Crippen LogP contribution is 2.70. The van der Waals surface area contributed by atoms with E-state index in [9.17, 15) is 4.79 Å². The van der Waals surface area contributed by atoms with Crippen molar-refractivity contribution in [1.29, 1.82) is 0 Å². The van der Waals surface area contributed by atoms with Gasteiger partial charge in [-0.2, -0.15) is 0 Å². The Labute approximate surface area is 89.7 Å². The average molecular weight is 218 g/mol. The number of carboxylic acid groups (broad SMARTS) is 1. The second-order valence-corrected chi connectivity index (χ2v) is 4.80. The van der Waals surface area contributed by atoms with Gasteiger partial charge in [-0.05, 0) is 36.6 Å². The van der Waals surface area contributed by atoms with Crippen LogP contribution in [0.1, 0.15) is 25.7 Å². The van der Waals surface area contributed by atoms with Crippen molar-refractivity contribution in [2.45, 2.75) is 31.7 Å². The van der Waals surface area contributed by atoms with E-state index in [-0.39, 0.29) is 18.4 Å². The van der Waals surface area contributed by atoms with E-state index in [1.54, 1.807) is 0 Å². The fourth-order valence-corrected chi connectivity index (χ4v) is 3.87. The van der Waals surface area contributed by atoms with E-state index in [2.05, 4.69) is 5.32 Å². The Balaban J connectivity index is 0.000000750. The molecule has 4 heteroatoms. The quantitative estimate of drug-likeness (QED) is 0.696. The van der Waals surface area contributed by atoms with E-state index in [1.165, 1.54) is 25.7 Å². The maximum atomic E-state index is 10.9. The van der Waals surface area contributed by atoms with Gasteiger partial charge in [0.05, 0.1) is 0 Å². The Bertz CT molecular complexity index is 263. The molecular weight excluding hydrogens is 202 g/mol. The Morgan fingerprint density at radius 3 is 2.57 bits per heavy atom. The molecule has 0 aromatic rings. The van der Waals surface area contributed by atoms with Crippen molar-refractivity contribution in [2.75, 3.05) is 6.54 Å². The number of rotatable bonds is 1. The van der Waals surface area contributed by atoms with Gasteiger partial charge in [-0.1, -0.05) is 12.8 Å². The molecular formula is C10H16ClNO2. The van der Waals surface area contributed by atoms with Crippen LogP contribution in [0.5, 0.6) is 0 Å². The number of carboxylic acids is 1. The highest BCUT2D eigenvalue weighted by atomic mass is 35.5. The first-order chi connectivity index (χ1) is 6.26. The third-order valence-corrected chi connectivity index (χ3v) is 4.44. The highest BCUT2D eigenvalue weighted by molar-refractivity contribution is 5.85. The van der Waals surface area contributed by atoms with Crippen molar-refractivity contribution in [3.05, 3.63) is 0 Å². The van der Waals surface area contributed by atoms with Crippen LogP contribution >= 0.6 is 12.4 Å². The molecule has 0 radical (unpaired) electrons. The molecule has 1 heterocycles. The third-order valence-electron chi connectivity index (χ3n) is 4.44. The predicted molar refractivity (Wildman–Crippen MR) is 54.6 cm³/mol. The van der Waals surface area contributed by atoms with Crippen molar-refractivity contribution in [3.63, 3.8) is 0 Å². The van der Waals surface area contributed by atoms with Gasteiger partial charge >= 0.3 is 5.97 Å². The first-order valence-corrected chi connectivity index (χ1v) is 5.22. The average Bonchev–Trinajstić information content (AvgIpc) is 2.54. The van der Waals surface area contributed by atoms with Gasteiger partial charge in [0.2, 0.25) is 0 Å². The number of piperidine rings is 1. The molecule has 0 unspecified atom stereocenters. The van der Waals surface area contributed by atoms with E-state index in [0.29, 0.717) is 17.3 Å². The number of fused-ring (bicyclic) bond motifs is 3. The molecule has 0 amide bonds. The number of halogens is 1. The minimum Gasteiger partial charge on any atom is -0.480 e. The van der Waals surface area contributed by atoms with Crippen LogP contribution in [-0.4, -0.2) is 23.7 Å². The Kier molecular flexibility index (Phi) is 2.27. The summed E-state index contributed by atoms with van der Waals surface area (Å²) in [7, 11) is 0. The van der Waals surface area contributed by atoms with E-state index in [0.717, 1.165) is 6.54 Å². The molecule has 2 saturated carbocycles. The molecule has 0 aromatic heterocycles. The molecule has 1 spiro atoms. The molecule has 0 bridgehead atoms. The Hall–Kier alpha value is -0.280. The minimum absolute atomic E-state index is 0. The molecule has 3 aliphatic rings. The number of hydrogen-bond donors (Lipinski definition) is 2. The van der Waals surface area contributed by atoms with Gasteiger partial charge in [0.1, 0.15) is 6.04 Å². The predicted octanol–water partition coefficient (Wildman–Crippen LogP) is 1.27. The van der Waals surface area contributed by atoms with Crippen LogP contribution in [0.3, 0.4) is 0 Å². The first-order valence-electron chi connectivity index (χ1n) is 5.22. The molecule has 0 aromatic carbocycles. The molecule has 3 rings (SSSR count). The number of hydrogen-bond acceptors (Lipinski definition) is 2. The van der Waals surface area contributed by atoms with E-state index in [1.807, 2.05) is 0 Å². The van der Waals surface area contributed by atoms with Crippen molar-refractivity contribution >= 4 is 18.4 Å². The topological polar surface area (TPSA) is 49.3 Å². The summed E-state index contributed by atoms with van der Waals surface area (Å²) in [6, 6.07) is -0.233. The maximum absolute atomic E-state index is 10.9. The van der Waals surface area contributed by atoms with Gasteiger partial charge in [-0.25, -0.2) is 0 Å². The molecule has 3 nitrogen and oxygen atoms in total. The summed E-state index contributed by atoms with van der Waals surface area (Å²) in [5, 5.41) is 12.1. The Morgan fingerprint density at radius 2 is 2.00 bits per heavy atom. The summed E-state index contributed by atoms with van der Waals surface area (Å²) in [5.41, 5.74) is 0.467. The maximum Gasteiger partial charge on any atom is 0.321 e. The third kappa shape index (κ3) is 1.06. The largest absolute Gasteiger partial charge is 0.480 e. The zero-order valence-corrected chi connectivity index (χ0v) is 8.85. The summed E-state index contributed by atoms with van der Waals surface area (Å²) in [4.78, 5) is 10.9. The van der Waals surface area contributed by atoms with Crippen LogP contribution in [0.25, 0.3) is 0 Å². The number of aliphatic carboxylic acids is 1. The monoisotopic (exact) mass is 217 g/mol. The normalized spacial score (nSPS) is 41.9. The van der Waals surface area contributed by atoms with Crippen LogP contribution in [0.15, 0.2) is 0 Å². The summed E-state index contributed by atoms with van der Waals surface area (Å²) in [6.45, 7) is 0.946. The minimum atomic E-state index is -0.642. The van der Waals surface area contributed by atoms with Crippen LogP contribution in [0.4, 0.5) is 0 Å². The summed E-state index contributed by atoms with van der Waals surface area (Å²) < 4.78 is 0. The molecule has 2 N–H and O–H groups in total. The number of nitrogens with one attached hydrogen (secondary N) is 1. The van der Waals surface area contributed by atoms with Crippen LogP contribution in [0.2, 0.25) is 0 Å². The first kappa shape index (κ1) is 10.2. The van der Waals surface area contributed by atoms with E-state index >= 15 is 0 Å². The summed E-state index contributed by atoms with van der Waals surface area (Å²) in [5.74, 6) is 0.514. The zero-order chi connectivity index (χ0) is 9.05. The lowest BCUT2D eigenvalue weighted by Gasteiger charge is -2.17. The van der Waals surface area contributed by atoms with Crippen molar-refractivity contribution in [1.82, 2.24) is 5.32 Å². The second kappa shape index (κ2) is 3.11. The lowest BCUT2D eigenvalue weighted by atomic mass is 9.96. The highest BCUT2D eigenvalue weighted by Gasteiger charge is 2.71. The van der Waals surface area contributed by atoms with Gasteiger partial charge in [0, 0.05) is 0 Å². The lowest BCUT2D eigenvalue weighted by molar-refractivity contribution is -0.140. The number of carbonyl (C=O) groups is 1. The van der Waals surface area contributed by atoms with Crippen LogP contribution in [-0.2, 0) is 4.79 Å². The summed E-state index contributed by atoms with van der Waals surface area (Å²) >= 11 is 0. The molecule has 3 fully saturated rings. The molecule has 2 aliphatic carbocycles. The summed E-state index contributed by atoms with van der Waals surface area (Å²) in [6.07, 6.45) is 5.21. The van der Waals surface area contributed by atoms with E-state index < -0.39 is 5.97 Å². The van der Waals surface area contributed by atoms with E-state index in [4.69, 9.17) is 5.11 Å². The smallest absolute Gasteiger partial charge is 0.321 e. The molecule has 3 atom stereocenters. The Morgan fingerprint density at radius 1 is 1.36 bits per heavy atom. The van der Waals surface area contributed by atoms with Crippen molar-refractivity contribution in [2.24, 2.45) is 17.3 Å². The molecule has 1 aliphatic heterocycles. The van der Waals surface area contributed by atoms with Crippen LogP contribution < -0.4 is 5.32 Å². The SMILES string of the molecule is Cl.O=C(O)[C@H]1NC[C@H]2[C@@H]1C21CCCC1. The molecule has 1 saturated heterocycles. The fourth-order valence-electron chi connectivity index (χ4n) is 3.87. The van der Waals surface area contributed by atoms with Gasteiger partial charge in [-0.3, -0.25) is 4.79 Å². The fraction of sp³-hybridized carbons (Fsp3) is 0.900. The van der Waals surface area contributed by atoms with Gasteiger partial charge < -0.3 is 10.4 Å². The lowest BCUT2D eigenvalue weighted by Crippen LogP contribution is -2.37. The molecule has 80 valence electrons. The molecule has 14 heavy (non-hydrogen) atoms. The van der Waals surface area contributed by atoms with Gasteiger partial charge in [0.25, 0.3) is 0 Å². The van der Waals surface area contributed by atoms with Gasteiger partial charge in [0.15, 0.2) is 0 Å². The standard InChI is InChI=1S/C10H15NO2.ClH/c12-9(13)8-7-6(5-11-8)10(7)3-1-2-4-10;/h6-8,11H,1-5H2,(H,12,13);1H/t6-,7-,8-;/m0./s1. The van der Waals surface area contributed by atoms with Crippen molar-refractivity contribution in [3.8, 4) is 0 Å². The van der Waals surface area contributed by atoms with Crippen LogP contribution in [0, 0.1) is 17.3 Å². The second-order valence-electron chi connectivity index (χ2n) is 4.80.